The fraction of sp³-hybridized carbons (Fsp3) is 0.351. The average Bonchev–Trinajstić information content (AvgIpc) is 3.95. The van der Waals surface area contributed by atoms with Gasteiger partial charge in [0, 0.05) is 42.1 Å². The number of pyridine rings is 1. The Bertz CT molecular complexity index is 1980. The number of nitrogens with zero attached hydrogens (tertiary/aromatic N) is 2. The Labute approximate surface area is 296 Å². The molecule has 0 unspecified atom stereocenters. The number of carbonyl (C=O) groups is 3. The number of hydrogen-bond donors (Lipinski definition) is 3. The van der Waals surface area contributed by atoms with Crippen LogP contribution in [0.15, 0.2) is 66.9 Å². The lowest BCUT2D eigenvalue weighted by atomic mass is 9.98. The molecule has 2 aliphatic rings. The maximum Gasteiger partial charge on any atom is 0.416 e. The van der Waals surface area contributed by atoms with Crippen LogP contribution in [0, 0.1) is 17.2 Å². The molecule has 3 amide bonds. The van der Waals surface area contributed by atoms with Gasteiger partial charge in [0.15, 0.2) is 23.1 Å². The minimum absolute atomic E-state index is 0.0107. The van der Waals surface area contributed by atoms with Crippen molar-refractivity contribution in [1.82, 2.24) is 15.2 Å². The van der Waals surface area contributed by atoms with Gasteiger partial charge in [-0.2, -0.15) is 13.2 Å². The Morgan fingerprint density at radius 1 is 0.904 bits per heavy atom. The van der Waals surface area contributed by atoms with Gasteiger partial charge in [-0.1, -0.05) is 6.07 Å². The van der Waals surface area contributed by atoms with Crippen molar-refractivity contribution in [2.45, 2.75) is 31.9 Å². The van der Waals surface area contributed by atoms with E-state index in [2.05, 4.69) is 25.8 Å². The van der Waals surface area contributed by atoms with Gasteiger partial charge in [0.25, 0.3) is 0 Å². The molecular formula is C37H37F4N5O6. The first-order valence-electron chi connectivity index (χ1n) is 16.7. The molecule has 0 atom stereocenters. The number of halogens is 4. The maximum atomic E-state index is 15.3. The summed E-state index contributed by atoms with van der Waals surface area (Å²) in [7, 11) is 3.13. The number of methoxy groups -OCH3 is 1. The van der Waals surface area contributed by atoms with Gasteiger partial charge in [-0.3, -0.25) is 24.3 Å². The molecule has 2 heterocycles. The van der Waals surface area contributed by atoms with Crippen LogP contribution in [0.5, 0.6) is 23.0 Å². The molecule has 0 radical (unpaired) electrons. The summed E-state index contributed by atoms with van der Waals surface area (Å²) in [6.45, 7) is 2.43. The Morgan fingerprint density at radius 3 is 2.25 bits per heavy atom. The number of amides is 3. The van der Waals surface area contributed by atoms with Gasteiger partial charge in [0.05, 0.1) is 31.3 Å². The van der Waals surface area contributed by atoms with Crippen LogP contribution in [0.1, 0.15) is 31.2 Å². The van der Waals surface area contributed by atoms with Crippen LogP contribution >= 0.6 is 0 Å². The Morgan fingerprint density at radius 2 is 1.62 bits per heavy atom. The van der Waals surface area contributed by atoms with Crippen molar-refractivity contribution in [2.75, 3.05) is 51.0 Å². The standard InChI is InChI=1S/C37H37F4N5O6/c1-42-33(47)20-46-14-9-22(10-15-46)21-51-32-19-28-26(18-31(32)50-2)29(8-13-43-28)52-30-7-6-25(17-27(30)38)45-35(49)36(11-12-36)34(48)44-24-5-3-4-23(16-24)37(39,40)41/h3-8,13,16-19,22H,9-12,14-15,20-21H2,1-2H3,(H,42,47)(H,44,48)(H,45,49). The van der Waals surface area contributed by atoms with E-state index in [-0.39, 0.29) is 41.6 Å². The molecule has 3 aromatic carbocycles. The zero-order valence-corrected chi connectivity index (χ0v) is 28.4. The molecule has 274 valence electrons. The lowest BCUT2D eigenvalue weighted by Gasteiger charge is -2.31. The number of alkyl halides is 3. The fourth-order valence-electron chi connectivity index (χ4n) is 6.03. The molecule has 6 rings (SSSR count). The van der Waals surface area contributed by atoms with Crippen molar-refractivity contribution >= 4 is 40.0 Å². The molecule has 4 aromatic rings. The third-order valence-corrected chi connectivity index (χ3v) is 9.29. The lowest BCUT2D eigenvalue weighted by molar-refractivity contribution is -0.137. The van der Waals surface area contributed by atoms with Gasteiger partial charge in [-0.15, -0.1) is 0 Å². The second-order valence-electron chi connectivity index (χ2n) is 12.8. The molecule has 11 nitrogen and oxygen atoms in total. The van der Waals surface area contributed by atoms with Crippen molar-refractivity contribution in [2.24, 2.45) is 11.3 Å². The number of ether oxygens (including phenoxy) is 3. The maximum absolute atomic E-state index is 15.3. The SMILES string of the molecule is CNC(=O)CN1CCC(COc2cc3nccc(Oc4ccc(NC(=O)C5(C(=O)Nc6cccc(C(F)(F)F)c6)CC5)cc4F)c3cc2OC)CC1. The summed E-state index contributed by atoms with van der Waals surface area (Å²) in [5, 5.41) is 8.12. The van der Waals surface area contributed by atoms with Crippen molar-refractivity contribution in [3.8, 4) is 23.0 Å². The van der Waals surface area contributed by atoms with Crippen LogP contribution in [-0.4, -0.2) is 68.0 Å². The molecule has 1 saturated carbocycles. The number of fused-ring (bicyclic) bond motifs is 1. The average molecular weight is 724 g/mol. The minimum atomic E-state index is -4.60. The van der Waals surface area contributed by atoms with Crippen molar-refractivity contribution in [3.05, 3.63) is 78.2 Å². The zero-order chi connectivity index (χ0) is 37.0. The van der Waals surface area contributed by atoms with Gasteiger partial charge in [0.1, 0.15) is 11.2 Å². The predicted molar refractivity (Wildman–Crippen MR) is 184 cm³/mol. The third-order valence-electron chi connectivity index (χ3n) is 9.29. The largest absolute Gasteiger partial charge is 0.493 e. The van der Waals surface area contributed by atoms with Gasteiger partial charge in [-0.05, 0) is 87.2 Å². The van der Waals surface area contributed by atoms with E-state index < -0.39 is 34.8 Å². The summed E-state index contributed by atoms with van der Waals surface area (Å²) in [6, 6.07) is 12.9. The van der Waals surface area contributed by atoms with Crippen LogP contribution in [-0.2, 0) is 20.6 Å². The second kappa shape index (κ2) is 15.0. The van der Waals surface area contributed by atoms with E-state index >= 15 is 4.39 Å². The van der Waals surface area contributed by atoms with E-state index in [1.807, 2.05) is 0 Å². The number of carbonyl (C=O) groups excluding carboxylic acids is 3. The lowest BCUT2D eigenvalue weighted by Crippen LogP contribution is -2.41. The van der Waals surface area contributed by atoms with Crippen LogP contribution in [0.4, 0.5) is 28.9 Å². The molecule has 1 aromatic heterocycles. The van der Waals surface area contributed by atoms with Crippen molar-refractivity contribution in [1.29, 1.82) is 0 Å². The summed E-state index contributed by atoms with van der Waals surface area (Å²) >= 11 is 0. The van der Waals surface area contributed by atoms with Crippen molar-refractivity contribution in [3.63, 3.8) is 0 Å². The molecule has 0 bridgehead atoms. The Balaban J connectivity index is 1.09. The number of aromatic nitrogens is 1. The Hall–Kier alpha value is -5.44. The summed E-state index contributed by atoms with van der Waals surface area (Å²) < 4.78 is 72.3. The monoisotopic (exact) mass is 723 g/mol. The number of hydrogen-bond acceptors (Lipinski definition) is 8. The first-order valence-corrected chi connectivity index (χ1v) is 16.7. The molecular weight excluding hydrogens is 686 g/mol. The molecule has 1 saturated heterocycles. The Kier molecular flexibility index (Phi) is 10.5. The fourth-order valence-corrected chi connectivity index (χ4v) is 6.03. The summed E-state index contributed by atoms with van der Waals surface area (Å²) in [6.07, 6.45) is -0.951. The van der Waals surface area contributed by atoms with Crippen LogP contribution in [0.25, 0.3) is 10.9 Å². The van der Waals surface area contributed by atoms with Gasteiger partial charge in [0.2, 0.25) is 17.7 Å². The third kappa shape index (κ3) is 8.20. The van der Waals surface area contributed by atoms with E-state index in [0.717, 1.165) is 50.2 Å². The quantitative estimate of drug-likeness (QED) is 0.113. The van der Waals surface area contributed by atoms with Crippen LogP contribution in [0.2, 0.25) is 0 Å². The van der Waals surface area contributed by atoms with Crippen LogP contribution < -0.4 is 30.2 Å². The normalized spacial score (nSPS) is 15.8. The number of likely N-dealkylation sites (tertiary alicyclic amines) is 1. The molecule has 52 heavy (non-hydrogen) atoms. The first kappa shape index (κ1) is 36.4. The van der Waals surface area contributed by atoms with E-state index in [1.54, 1.807) is 25.2 Å². The van der Waals surface area contributed by atoms with Crippen LogP contribution in [0.3, 0.4) is 0 Å². The van der Waals surface area contributed by atoms with E-state index in [4.69, 9.17) is 14.2 Å². The summed E-state index contributed by atoms with van der Waals surface area (Å²) in [5.41, 5.74) is -1.94. The molecule has 1 aliphatic carbocycles. The highest BCUT2D eigenvalue weighted by Crippen LogP contribution is 2.48. The highest BCUT2D eigenvalue weighted by Gasteiger charge is 2.56. The van der Waals surface area contributed by atoms with E-state index in [9.17, 15) is 27.6 Å². The number of anilines is 2. The van der Waals surface area contributed by atoms with E-state index in [0.29, 0.717) is 41.5 Å². The second-order valence-corrected chi connectivity index (χ2v) is 12.8. The number of nitrogens with one attached hydrogen (secondary N) is 3. The number of rotatable bonds is 12. The topological polar surface area (TPSA) is 131 Å². The van der Waals surface area contributed by atoms with Crippen molar-refractivity contribution < 1.29 is 46.2 Å². The highest BCUT2D eigenvalue weighted by molar-refractivity contribution is 6.17. The highest BCUT2D eigenvalue weighted by atomic mass is 19.4. The molecule has 2 fully saturated rings. The van der Waals surface area contributed by atoms with Gasteiger partial charge >= 0.3 is 6.18 Å². The number of likely N-dealkylation sites (N-methyl/N-ethyl adjacent to an activating group) is 1. The number of piperidine rings is 1. The minimum Gasteiger partial charge on any atom is -0.493 e. The summed E-state index contributed by atoms with van der Waals surface area (Å²) in [4.78, 5) is 44.3. The zero-order valence-electron chi connectivity index (χ0n) is 28.4. The molecule has 0 spiro atoms. The molecule has 1 aliphatic heterocycles. The molecule has 3 N–H and O–H groups in total. The molecule has 15 heteroatoms. The summed E-state index contributed by atoms with van der Waals surface area (Å²) in [5.74, 6) is -0.885. The van der Waals surface area contributed by atoms with E-state index in [1.165, 1.54) is 31.5 Å². The predicted octanol–water partition coefficient (Wildman–Crippen LogP) is 6.39. The number of benzene rings is 3. The van der Waals surface area contributed by atoms with Gasteiger partial charge < -0.3 is 30.2 Å². The van der Waals surface area contributed by atoms with Gasteiger partial charge in [-0.25, -0.2) is 4.39 Å². The first-order chi connectivity index (χ1) is 24.9. The smallest absolute Gasteiger partial charge is 0.416 e.